The van der Waals surface area contributed by atoms with E-state index < -0.39 is 5.92 Å². The highest BCUT2D eigenvalue weighted by Crippen LogP contribution is 2.27. The van der Waals surface area contributed by atoms with E-state index in [0.717, 1.165) is 24.7 Å². The zero-order valence-electron chi connectivity index (χ0n) is 17.0. The van der Waals surface area contributed by atoms with Crippen molar-refractivity contribution < 1.29 is 9.59 Å². The van der Waals surface area contributed by atoms with E-state index in [1.54, 1.807) is 6.08 Å². The van der Waals surface area contributed by atoms with Crippen molar-refractivity contribution in [2.45, 2.75) is 32.4 Å². The quantitative estimate of drug-likeness (QED) is 0.735. The summed E-state index contributed by atoms with van der Waals surface area (Å²) >= 11 is 0. The van der Waals surface area contributed by atoms with Gasteiger partial charge in [-0.1, -0.05) is 54.6 Å². The molecule has 4 rings (SSSR count). The molecule has 0 bridgehead atoms. The summed E-state index contributed by atoms with van der Waals surface area (Å²) in [4.78, 5) is 34.3. The van der Waals surface area contributed by atoms with Gasteiger partial charge in [0, 0.05) is 31.7 Å². The maximum absolute atomic E-state index is 13.3. The van der Waals surface area contributed by atoms with E-state index in [-0.39, 0.29) is 17.9 Å². The van der Waals surface area contributed by atoms with Crippen molar-refractivity contribution in [1.29, 1.82) is 0 Å². The summed E-state index contributed by atoms with van der Waals surface area (Å²) in [7, 11) is 0. The van der Waals surface area contributed by atoms with E-state index >= 15 is 0 Å². The van der Waals surface area contributed by atoms with Crippen LogP contribution in [0.3, 0.4) is 0 Å². The van der Waals surface area contributed by atoms with Gasteiger partial charge in [0.2, 0.25) is 5.91 Å². The first-order valence-corrected chi connectivity index (χ1v) is 10.4. The molecule has 2 amide bonds. The van der Waals surface area contributed by atoms with E-state index in [4.69, 9.17) is 0 Å². The maximum atomic E-state index is 13.3. The number of nitrogens with zero attached hydrogens (tertiary/aromatic N) is 3. The van der Waals surface area contributed by atoms with Crippen LogP contribution in [0.1, 0.15) is 31.9 Å². The zero-order chi connectivity index (χ0) is 20.4. The molecule has 150 valence electrons. The standard InChI is InChI=1S/C24H27N3O2/c1-3-27(20-13-14-26(16-20)17(2)18-9-5-4-6-10-18)24(29)21-15-19-11-7-8-12-22(19)25-23(21)28/h4-12,15,17,20-21H,3,13-14,16H2,1-2H3. The van der Waals surface area contributed by atoms with Crippen molar-refractivity contribution in [1.82, 2.24) is 9.80 Å². The van der Waals surface area contributed by atoms with Crippen molar-refractivity contribution >= 4 is 17.9 Å². The van der Waals surface area contributed by atoms with Gasteiger partial charge in [-0.05, 0) is 37.1 Å². The van der Waals surface area contributed by atoms with Crippen molar-refractivity contribution in [2.24, 2.45) is 10.9 Å². The monoisotopic (exact) mass is 389 g/mol. The number of carbonyl (C=O) groups excluding carboxylic acids is 2. The Kier molecular flexibility index (Phi) is 5.58. The molecule has 2 aromatic rings. The molecule has 1 saturated heterocycles. The number of likely N-dealkylation sites (N-methyl/N-ethyl adjacent to an activating group) is 1. The number of amides is 2. The van der Waals surface area contributed by atoms with Crippen LogP contribution in [-0.4, -0.2) is 47.3 Å². The van der Waals surface area contributed by atoms with Gasteiger partial charge in [-0.25, -0.2) is 4.99 Å². The fourth-order valence-corrected chi connectivity index (χ4v) is 4.44. The van der Waals surface area contributed by atoms with Crippen LogP contribution in [0.4, 0.5) is 0 Å². The highest BCUT2D eigenvalue weighted by Gasteiger charge is 2.37. The van der Waals surface area contributed by atoms with E-state index in [1.165, 1.54) is 5.56 Å². The Balaban J connectivity index is 1.50. The van der Waals surface area contributed by atoms with Gasteiger partial charge in [0.1, 0.15) is 5.92 Å². The second-order valence-electron chi connectivity index (χ2n) is 7.80. The van der Waals surface area contributed by atoms with Crippen LogP contribution in [0.25, 0.3) is 6.08 Å². The highest BCUT2D eigenvalue weighted by atomic mass is 16.2. The Morgan fingerprint density at radius 3 is 2.66 bits per heavy atom. The lowest BCUT2D eigenvalue weighted by molar-refractivity contribution is -0.140. The molecule has 1 fully saturated rings. The zero-order valence-corrected chi connectivity index (χ0v) is 17.0. The number of rotatable bonds is 5. The molecule has 3 atom stereocenters. The summed E-state index contributed by atoms with van der Waals surface area (Å²) in [6, 6.07) is 18.3. The molecule has 0 N–H and O–H groups in total. The number of fused-ring (bicyclic) bond motifs is 1. The number of benzene rings is 2. The highest BCUT2D eigenvalue weighted by molar-refractivity contribution is 6.06. The first-order chi connectivity index (χ1) is 14.1. The minimum atomic E-state index is -0.814. The normalized spacial score (nSPS) is 22.3. The molecule has 0 aromatic heterocycles. The molecule has 0 spiro atoms. The Bertz CT molecular complexity index is 1020. The van der Waals surface area contributed by atoms with Crippen LogP contribution >= 0.6 is 0 Å². The Morgan fingerprint density at radius 1 is 1.17 bits per heavy atom. The van der Waals surface area contributed by atoms with Crippen LogP contribution < -0.4 is 10.6 Å². The largest absolute Gasteiger partial charge is 0.338 e. The van der Waals surface area contributed by atoms with Gasteiger partial charge in [0.05, 0.1) is 5.36 Å². The number of likely N-dealkylation sites (tertiary alicyclic amines) is 1. The molecule has 3 unspecified atom stereocenters. The van der Waals surface area contributed by atoms with E-state index in [0.29, 0.717) is 17.9 Å². The van der Waals surface area contributed by atoms with Gasteiger partial charge >= 0.3 is 0 Å². The third-order valence-corrected chi connectivity index (χ3v) is 6.13. The van der Waals surface area contributed by atoms with Gasteiger partial charge in [-0.3, -0.25) is 14.5 Å². The summed E-state index contributed by atoms with van der Waals surface area (Å²) in [5.74, 6) is -1.31. The molecule has 0 saturated carbocycles. The summed E-state index contributed by atoms with van der Waals surface area (Å²) in [6.45, 7) is 6.56. The third-order valence-electron chi connectivity index (χ3n) is 6.13. The lowest BCUT2D eigenvalue weighted by atomic mass is 10.0. The van der Waals surface area contributed by atoms with Crippen LogP contribution in [0.15, 0.2) is 59.6 Å². The van der Waals surface area contributed by atoms with Crippen molar-refractivity contribution in [3.05, 3.63) is 70.7 Å². The second kappa shape index (κ2) is 8.29. The molecule has 2 aliphatic heterocycles. The fraction of sp³-hybridized carbons (Fsp3) is 0.375. The topological polar surface area (TPSA) is 53.0 Å². The summed E-state index contributed by atoms with van der Waals surface area (Å²) < 4.78 is 0. The predicted molar refractivity (Wildman–Crippen MR) is 112 cm³/mol. The maximum Gasteiger partial charge on any atom is 0.262 e. The van der Waals surface area contributed by atoms with Gasteiger partial charge in [-0.15, -0.1) is 0 Å². The first kappa shape index (κ1) is 19.5. The summed E-state index contributed by atoms with van der Waals surface area (Å²) in [6.07, 6.45) is 2.69. The second-order valence-corrected chi connectivity index (χ2v) is 7.80. The predicted octanol–water partition coefficient (Wildman–Crippen LogP) is 1.93. The molecule has 0 aliphatic carbocycles. The number of hydrogen-bond donors (Lipinski definition) is 0. The number of para-hydroxylation sites is 1. The molecule has 2 aromatic carbocycles. The molecule has 29 heavy (non-hydrogen) atoms. The van der Waals surface area contributed by atoms with E-state index in [2.05, 4.69) is 41.1 Å². The van der Waals surface area contributed by atoms with Gasteiger partial charge < -0.3 is 4.90 Å². The van der Waals surface area contributed by atoms with Crippen LogP contribution in [-0.2, 0) is 9.59 Å². The van der Waals surface area contributed by atoms with E-state index in [1.807, 2.05) is 42.2 Å². The molecular weight excluding hydrogens is 362 g/mol. The van der Waals surface area contributed by atoms with Crippen molar-refractivity contribution in [2.75, 3.05) is 19.6 Å². The SMILES string of the molecule is CCN(C(=O)C1C=c2ccccc2=NC1=O)C1CCN(C(C)c2ccccc2)C1. The molecule has 2 heterocycles. The smallest absolute Gasteiger partial charge is 0.262 e. The van der Waals surface area contributed by atoms with Crippen molar-refractivity contribution in [3.63, 3.8) is 0 Å². The molecule has 2 aliphatic rings. The van der Waals surface area contributed by atoms with Gasteiger partial charge in [-0.2, -0.15) is 0 Å². The Labute approximate surface area is 171 Å². The lowest BCUT2D eigenvalue weighted by Gasteiger charge is -2.31. The molecule has 5 heteroatoms. The Morgan fingerprint density at radius 2 is 1.90 bits per heavy atom. The molecule has 5 nitrogen and oxygen atoms in total. The fourth-order valence-electron chi connectivity index (χ4n) is 4.44. The number of hydrogen-bond acceptors (Lipinski definition) is 3. The lowest BCUT2D eigenvalue weighted by Crippen LogP contribution is -2.48. The first-order valence-electron chi connectivity index (χ1n) is 10.4. The minimum absolute atomic E-state index is 0.122. The van der Waals surface area contributed by atoms with Gasteiger partial charge in [0.15, 0.2) is 0 Å². The van der Waals surface area contributed by atoms with Crippen molar-refractivity contribution in [3.8, 4) is 0 Å². The van der Waals surface area contributed by atoms with Crippen LogP contribution in [0, 0.1) is 5.92 Å². The third kappa shape index (κ3) is 3.87. The minimum Gasteiger partial charge on any atom is -0.338 e. The molecular formula is C24H27N3O2. The molecule has 0 radical (unpaired) electrons. The summed E-state index contributed by atoms with van der Waals surface area (Å²) in [5, 5.41) is 1.50. The van der Waals surface area contributed by atoms with E-state index in [9.17, 15) is 9.59 Å². The van der Waals surface area contributed by atoms with Crippen LogP contribution in [0.2, 0.25) is 0 Å². The Hall–Kier alpha value is -2.79. The number of carbonyl (C=O) groups is 2. The van der Waals surface area contributed by atoms with Crippen LogP contribution in [0.5, 0.6) is 0 Å². The van der Waals surface area contributed by atoms with Gasteiger partial charge in [0.25, 0.3) is 5.91 Å². The average Bonchev–Trinajstić information content (AvgIpc) is 3.23. The summed E-state index contributed by atoms with van der Waals surface area (Å²) in [5.41, 5.74) is 1.29. The average molecular weight is 389 g/mol.